The van der Waals surface area contributed by atoms with E-state index in [0.717, 1.165) is 0 Å². The Balaban J connectivity index is 2.74. The van der Waals surface area contributed by atoms with Gasteiger partial charge in [0.25, 0.3) is 0 Å². The van der Waals surface area contributed by atoms with Crippen molar-refractivity contribution < 1.29 is 0 Å². The molecule has 140 valence electrons. The van der Waals surface area contributed by atoms with E-state index in [4.69, 9.17) is 0 Å². The molecule has 0 bridgehead atoms. The van der Waals surface area contributed by atoms with Crippen molar-refractivity contribution in [1.29, 1.82) is 0 Å². The predicted molar refractivity (Wildman–Crippen MR) is 114 cm³/mol. The van der Waals surface area contributed by atoms with Crippen LogP contribution in [0.15, 0.2) is 18.2 Å². The fraction of sp³-hybridized carbons (Fsp3) is 0.696. The van der Waals surface area contributed by atoms with Gasteiger partial charge in [0.1, 0.15) is 0 Å². The van der Waals surface area contributed by atoms with E-state index in [-0.39, 0.29) is 5.54 Å². The summed E-state index contributed by atoms with van der Waals surface area (Å²) >= 11 is 3.55. The molecule has 0 unspecified atom stereocenters. The molecule has 1 aromatic carbocycles. The summed E-state index contributed by atoms with van der Waals surface area (Å²) in [6.45, 7) is 18.8. The summed E-state index contributed by atoms with van der Waals surface area (Å²) in [6.07, 6.45) is 4.94. The monoisotopic (exact) mass is 407 g/mol. The number of hydrogen-bond donors (Lipinski definition) is 0. The Morgan fingerprint density at radius 1 is 0.960 bits per heavy atom. The molecule has 1 fully saturated rings. The molecular formula is C23H37NSe. The number of piperidine rings is 1. The first-order valence-electron chi connectivity index (χ1n) is 10.1. The van der Waals surface area contributed by atoms with Gasteiger partial charge in [0, 0.05) is 0 Å². The van der Waals surface area contributed by atoms with Gasteiger partial charge in [0.15, 0.2) is 0 Å². The molecule has 1 aromatic rings. The van der Waals surface area contributed by atoms with Crippen LogP contribution in [0.25, 0.3) is 0 Å². The minimum absolute atomic E-state index is 0.142. The van der Waals surface area contributed by atoms with E-state index in [1.54, 1.807) is 0 Å². The fourth-order valence-corrected chi connectivity index (χ4v) is 5.89. The molecule has 0 radical (unpaired) electrons. The van der Waals surface area contributed by atoms with Crippen molar-refractivity contribution >= 4 is 25.8 Å². The molecule has 25 heavy (non-hydrogen) atoms. The van der Waals surface area contributed by atoms with Gasteiger partial charge in [-0.3, -0.25) is 0 Å². The summed E-state index contributed by atoms with van der Waals surface area (Å²) in [5, 5.41) is 0. The normalized spacial score (nSPS) is 19.8. The van der Waals surface area contributed by atoms with Crippen molar-refractivity contribution in [2.75, 3.05) is 4.90 Å². The SMILES string of the molecule is CCC1(CC)CCC(C)(C)N(c2c(C(C)C)cccc2C(C)C)C1=[Se]. The molecule has 0 aromatic heterocycles. The Morgan fingerprint density at radius 2 is 1.44 bits per heavy atom. The summed E-state index contributed by atoms with van der Waals surface area (Å²) in [4.78, 5) is 2.69. The van der Waals surface area contributed by atoms with Gasteiger partial charge in [-0.15, -0.1) is 0 Å². The molecular weight excluding hydrogens is 369 g/mol. The maximum absolute atomic E-state index is 3.55. The van der Waals surface area contributed by atoms with Gasteiger partial charge in [-0.1, -0.05) is 0 Å². The molecule has 1 heterocycles. The molecule has 1 saturated heterocycles. The number of benzene rings is 1. The van der Waals surface area contributed by atoms with Gasteiger partial charge in [-0.2, -0.15) is 0 Å². The summed E-state index contributed by atoms with van der Waals surface area (Å²) in [5.74, 6) is 1.05. The van der Waals surface area contributed by atoms with Gasteiger partial charge in [-0.25, -0.2) is 0 Å². The van der Waals surface area contributed by atoms with Crippen molar-refractivity contribution in [3.05, 3.63) is 29.3 Å². The molecule has 0 amide bonds. The van der Waals surface area contributed by atoms with Crippen LogP contribution in [0.5, 0.6) is 0 Å². The quantitative estimate of drug-likeness (QED) is 0.510. The van der Waals surface area contributed by atoms with Crippen LogP contribution in [0.1, 0.15) is 104 Å². The van der Waals surface area contributed by atoms with Gasteiger partial charge in [0.05, 0.1) is 0 Å². The Kier molecular flexibility index (Phi) is 6.27. The molecule has 2 rings (SSSR count). The van der Waals surface area contributed by atoms with Crippen molar-refractivity contribution in [1.82, 2.24) is 0 Å². The van der Waals surface area contributed by atoms with Crippen molar-refractivity contribution in [2.24, 2.45) is 5.41 Å². The van der Waals surface area contributed by atoms with Gasteiger partial charge in [0.2, 0.25) is 0 Å². The maximum atomic E-state index is 3.55. The second-order valence-corrected chi connectivity index (χ2v) is 9.85. The van der Waals surface area contributed by atoms with Gasteiger partial charge in [-0.05, 0) is 0 Å². The van der Waals surface area contributed by atoms with Crippen LogP contribution in [0.2, 0.25) is 0 Å². The van der Waals surface area contributed by atoms with E-state index in [9.17, 15) is 0 Å². The zero-order valence-corrected chi connectivity index (χ0v) is 19.3. The molecule has 0 aliphatic carbocycles. The number of rotatable bonds is 5. The molecule has 1 aliphatic rings. The van der Waals surface area contributed by atoms with Crippen LogP contribution in [0, 0.1) is 5.41 Å². The van der Waals surface area contributed by atoms with E-state index < -0.39 is 0 Å². The molecule has 0 spiro atoms. The van der Waals surface area contributed by atoms with Crippen LogP contribution in [0.4, 0.5) is 5.69 Å². The molecule has 0 saturated carbocycles. The zero-order chi connectivity index (χ0) is 19.0. The second-order valence-electron chi connectivity index (χ2n) is 9.03. The van der Waals surface area contributed by atoms with E-state index in [1.165, 1.54) is 47.0 Å². The number of anilines is 1. The van der Waals surface area contributed by atoms with E-state index >= 15 is 0 Å². The van der Waals surface area contributed by atoms with Crippen LogP contribution >= 0.6 is 0 Å². The fourth-order valence-electron chi connectivity index (χ4n) is 4.36. The summed E-state index contributed by atoms with van der Waals surface area (Å²) in [6, 6.07) is 6.92. The Bertz CT molecular complexity index is 597. The number of para-hydroxylation sites is 1. The predicted octanol–water partition coefficient (Wildman–Crippen LogP) is 6.42. The van der Waals surface area contributed by atoms with E-state index in [0.29, 0.717) is 17.3 Å². The third-order valence-electron chi connectivity index (χ3n) is 6.40. The first-order valence-corrected chi connectivity index (χ1v) is 10.9. The van der Waals surface area contributed by atoms with Crippen LogP contribution in [-0.4, -0.2) is 25.7 Å². The molecule has 0 N–H and O–H groups in total. The summed E-state index contributed by atoms with van der Waals surface area (Å²) < 4.78 is 1.46. The van der Waals surface area contributed by atoms with Crippen LogP contribution in [0.3, 0.4) is 0 Å². The van der Waals surface area contributed by atoms with Gasteiger partial charge >= 0.3 is 164 Å². The first-order chi connectivity index (χ1) is 11.6. The Hall–Kier alpha value is -0.591. The van der Waals surface area contributed by atoms with Crippen molar-refractivity contribution in [3.8, 4) is 0 Å². The average molecular weight is 407 g/mol. The average Bonchev–Trinajstić information content (AvgIpc) is 2.55. The van der Waals surface area contributed by atoms with Crippen LogP contribution in [-0.2, 0) is 0 Å². The topological polar surface area (TPSA) is 3.24 Å². The van der Waals surface area contributed by atoms with Crippen molar-refractivity contribution in [3.63, 3.8) is 0 Å². The van der Waals surface area contributed by atoms with Crippen molar-refractivity contribution in [2.45, 2.75) is 98.4 Å². The third kappa shape index (κ3) is 3.62. The molecule has 2 heteroatoms. The molecule has 0 atom stereocenters. The number of hydrogen-bond acceptors (Lipinski definition) is 1. The Labute approximate surface area is 163 Å². The van der Waals surface area contributed by atoms with Gasteiger partial charge < -0.3 is 0 Å². The standard InChI is InChI=1S/C23H37NSe/c1-9-23(10-2)15-14-22(7,8)24(21(23)25)20-18(16(3)4)12-11-13-19(20)17(5)6/h11-13,16-17H,9-10,14-15H2,1-8H3. The van der Waals surface area contributed by atoms with Crippen LogP contribution < -0.4 is 4.90 Å². The second kappa shape index (κ2) is 7.57. The summed E-state index contributed by atoms with van der Waals surface area (Å²) in [5.41, 5.74) is 4.87. The van der Waals surface area contributed by atoms with E-state index in [1.807, 2.05) is 0 Å². The van der Waals surface area contributed by atoms with E-state index in [2.05, 4.69) is 94.1 Å². The third-order valence-corrected chi connectivity index (χ3v) is 7.69. The first kappa shape index (κ1) is 20.7. The molecule has 1 nitrogen and oxygen atoms in total. The molecule has 1 aliphatic heterocycles. The zero-order valence-electron chi connectivity index (χ0n) is 17.6. The summed E-state index contributed by atoms with van der Waals surface area (Å²) in [7, 11) is 0. The number of nitrogens with zero attached hydrogens (tertiary/aromatic N) is 1. The Morgan fingerprint density at radius 3 is 1.84 bits per heavy atom. The minimum atomic E-state index is 0.142.